The maximum Gasteiger partial charge on any atom is 0.119 e. The van der Waals surface area contributed by atoms with Crippen LogP contribution in [-0.2, 0) is 0 Å². The molecule has 0 radical (unpaired) electrons. The third kappa shape index (κ3) is 5.52. The lowest BCUT2D eigenvalue weighted by molar-refractivity contribution is 0.104. The van der Waals surface area contributed by atoms with Crippen LogP contribution in [0.4, 0.5) is 0 Å². The molecule has 3 heteroatoms. The third-order valence-corrected chi connectivity index (χ3v) is 2.32. The predicted octanol–water partition coefficient (Wildman–Crippen LogP) is 2.07. The van der Waals surface area contributed by atoms with Gasteiger partial charge in [0.15, 0.2) is 0 Å². The van der Waals surface area contributed by atoms with Crippen LogP contribution in [0.25, 0.3) is 6.08 Å². The molecule has 0 aliphatic rings. The summed E-state index contributed by atoms with van der Waals surface area (Å²) in [5, 5.41) is 12.8. The van der Waals surface area contributed by atoms with Gasteiger partial charge >= 0.3 is 0 Å². The van der Waals surface area contributed by atoms with Gasteiger partial charge in [-0.05, 0) is 17.7 Å². The van der Waals surface area contributed by atoms with Crippen molar-refractivity contribution in [1.29, 1.82) is 0 Å². The van der Waals surface area contributed by atoms with Crippen LogP contribution in [0.1, 0.15) is 19.4 Å². The van der Waals surface area contributed by atoms with E-state index in [0.29, 0.717) is 19.2 Å². The Morgan fingerprint density at radius 1 is 1.35 bits per heavy atom. The molecule has 94 valence electrons. The van der Waals surface area contributed by atoms with E-state index in [0.717, 1.165) is 11.3 Å². The van der Waals surface area contributed by atoms with E-state index in [1.807, 2.05) is 38.1 Å². The molecule has 0 fully saturated rings. The minimum Gasteiger partial charge on any atom is -0.491 e. The summed E-state index contributed by atoms with van der Waals surface area (Å²) >= 11 is 0. The number of hydrogen-bond acceptors (Lipinski definition) is 3. The smallest absolute Gasteiger partial charge is 0.119 e. The normalized spacial score (nSPS) is 12.5. The fraction of sp³-hybridized carbons (Fsp3) is 0.429. The number of aliphatic hydroxyl groups excluding tert-OH is 1. The molecule has 0 heterocycles. The highest BCUT2D eigenvalue weighted by atomic mass is 16.5. The lowest BCUT2D eigenvalue weighted by Crippen LogP contribution is -2.35. The maximum atomic E-state index is 9.66. The summed E-state index contributed by atoms with van der Waals surface area (Å²) in [4.78, 5) is 0. The van der Waals surface area contributed by atoms with Crippen LogP contribution in [0.5, 0.6) is 5.75 Å². The van der Waals surface area contributed by atoms with Gasteiger partial charge in [0.2, 0.25) is 0 Å². The van der Waals surface area contributed by atoms with Crippen LogP contribution < -0.4 is 10.1 Å². The van der Waals surface area contributed by atoms with Crippen molar-refractivity contribution in [3.63, 3.8) is 0 Å². The Morgan fingerprint density at radius 3 is 2.53 bits per heavy atom. The van der Waals surface area contributed by atoms with E-state index in [1.54, 1.807) is 6.08 Å². The fourth-order valence-electron chi connectivity index (χ4n) is 1.32. The van der Waals surface area contributed by atoms with E-state index < -0.39 is 6.10 Å². The molecule has 17 heavy (non-hydrogen) atoms. The van der Waals surface area contributed by atoms with Crippen molar-refractivity contribution in [2.75, 3.05) is 13.2 Å². The molecule has 0 amide bonds. The maximum absolute atomic E-state index is 9.66. The molecular formula is C14H21NO2. The monoisotopic (exact) mass is 235 g/mol. The molecule has 0 aromatic heterocycles. The van der Waals surface area contributed by atoms with E-state index in [-0.39, 0.29) is 0 Å². The first-order valence-electron chi connectivity index (χ1n) is 5.88. The van der Waals surface area contributed by atoms with Crippen molar-refractivity contribution in [3.8, 4) is 5.75 Å². The molecule has 0 bridgehead atoms. The highest BCUT2D eigenvalue weighted by Crippen LogP contribution is 2.12. The Balaban J connectivity index is 2.31. The van der Waals surface area contributed by atoms with Crippen molar-refractivity contribution < 1.29 is 9.84 Å². The molecule has 1 atom stereocenters. The second kappa shape index (κ2) is 7.09. The molecule has 0 saturated carbocycles. The van der Waals surface area contributed by atoms with Crippen molar-refractivity contribution in [1.82, 2.24) is 5.32 Å². The quantitative estimate of drug-likeness (QED) is 0.760. The summed E-state index contributed by atoms with van der Waals surface area (Å²) in [6, 6.07) is 7.98. The molecule has 1 unspecified atom stereocenters. The summed E-state index contributed by atoms with van der Waals surface area (Å²) < 4.78 is 5.48. The van der Waals surface area contributed by atoms with Gasteiger partial charge in [-0.3, -0.25) is 0 Å². The zero-order valence-electron chi connectivity index (χ0n) is 10.5. The number of rotatable bonds is 7. The van der Waals surface area contributed by atoms with Gasteiger partial charge in [0, 0.05) is 12.6 Å². The molecule has 0 saturated heterocycles. The Bertz CT molecular complexity index is 333. The van der Waals surface area contributed by atoms with Crippen molar-refractivity contribution in [2.45, 2.75) is 26.0 Å². The van der Waals surface area contributed by atoms with E-state index in [9.17, 15) is 5.11 Å². The van der Waals surface area contributed by atoms with Gasteiger partial charge in [0.05, 0.1) is 0 Å². The van der Waals surface area contributed by atoms with E-state index in [4.69, 9.17) is 4.74 Å². The summed E-state index contributed by atoms with van der Waals surface area (Å²) in [7, 11) is 0. The molecule has 1 aromatic carbocycles. The molecule has 1 rings (SSSR count). The predicted molar refractivity (Wildman–Crippen MR) is 71.2 cm³/mol. The van der Waals surface area contributed by atoms with Crippen LogP contribution in [0.2, 0.25) is 0 Å². The number of nitrogens with one attached hydrogen (secondary N) is 1. The van der Waals surface area contributed by atoms with E-state index >= 15 is 0 Å². The molecule has 2 N–H and O–H groups in total. The third-order valence-electron chi connectivity index (χ3n) is 2.32. The van der Waals surface area contributed by atoms with E-state index in [1.165, 1.54) is 0 Å². The second-order valence-corrected chi connectivity index (χ2v) is 4.30. The number of aliphatic hydroxyl groups is 1. The summed E-state index contributed by atoms with van der Waals surface area (Å²) in [6.45, 7) is 8.62. The number of hydrogen-bond donors (Lipinski definition) is 2. The van der Waals surface area contributed by atoms with Gasteiger partial charge in [-0.15, -0.1) is 0 Å². The summed E-state index contributed by atoms with van der Waals surface area (Å²) in [5.74, 6) is 0.763. The average Bonchev–Trinajstić information content (AvgIpc) is 2.34. The molecule has 3 nitrogen and oxygen atoms in total. The minimum absolute atomic E-state index is 0.299. The van der Waals surface area contributed by atoms with Gasteiger partial charge in [0.25, 0.3) is 0 Å². The van der Waals surface area contributed by atoms with Crippen LogP contribution in [0.15, 0.2) is 30.8 Å². The Labute approximate surface area is 103 Å². The first-order chi connectivity index (χ1) is 8.11. The second-order valence-electron chi connectivity index (χ2n) is 4.30. The SMILES string of the molecule is C=Cc1ccc(OCC(O)CNC(C)C)cc1. The van der Waals surface area contributed by atoms with Gasteiger partial charge in [-0.2, -0.15) is 0 Å². The molecule has 0 aliphatic heterocycles. The largest absolute Gasteiger partial charge is 0.491 e. The van der Waals surface area contributed by atoms with Crippen LogP contribution in [-0.4, -0.2) is 30.4 Å². The van der Waals surface area contributed by atoms with E-state index in [2.05, 4.69) is 11.9 Å². The fourth-order valence-corrected chi connectivity index (χ4v) is 1.32. The van der Waals surface area contributed by atoms with Crippen LogP contribution in [0, 0.1) is 0 Å². The lowest BCUT2D eigenvalue weighted by atomic mass is 10.2. The summed E-state index contributed by atoms with van der Waals surface area (Å²) in [5.41, 5.74) is 1.05. The van der Waals surface area contributed by atoms with Crippen LogP contribution in [0.3, 0.4) is 0 Å². The Kier molecular flexibility index (Phi) is 5.73. The standard InChI is InChI=1S/C14H21NO2/c1-4-12-5-7-14(8-6-12)17-10-13(16)9-15-11(2)3/h4-8,11,13,15-16H,1,9-10H2,2-3H3. The number of benzene rings is 1. The zero-order chi connectivity index (χ0) is 12.7. The molecular weight excluding hydrogens is 214 g/mol. The highest BCUT2D eigenvalue weighted by Gasteiger charge is 2.05. The summed E-state index contributed by atoms with van der Waals surface area (Å²) in [6.07, 6.45) is 1.29. The topological polar surface area (TPSA) is 41.5 Å². The highest BCUT2D eigenvalue weighted by molar-refractivity contribution is 5.48. The van der Waals surface area contributed by atoms with Gasteiger partial charge in [0.1, 0.15) is 18.5 Å². The lowest BCUT2D eigenvalue weighted by Gasteiger charge is -2.15. The zero-order valence-corrected chi connectivity index (χ0v) is 10.5. The molecule has 0 spiro atoms. The van der Waals surface area contributed by atoms with Crippen molar-refractivity contribution in [2.24, 2.45) is 0 Å². The Hall–Kier alpha value is -1.32. The molecule has 0 aliphatic carbocycles. The van der Waals surface area contributed by atoms with Crippen molar-refractivity contribution >= 4 is 6.08 Å². The van der Waals surface area contributed by atoms with Gasteiger partial charge in [-0.25, -0.2) is 0 Å². The number of ether oxygens (including phenoxy) is 1. The van der Waals surface area contributed by atoms with Crippen LogP contribution >= 0.6 is 0 Å². The van der Waals surface area contributed by atoms with Gasteiger partial charge < -0.3 is 15.2 Å². The molecule has 1 aromatic rings. The van der Waals surface area contributed by atoms with Gasteiger partial charge in [-0.1, -0.05) is 38.6 Å². The first kappa shape index (κ1) is 13.7. The average molecular weight is 235 g/mol. The Morgan fingerprint density at radius 2 is 2.00 bits per heavy atom. The van der Waals surface area contributed by atoms with Crippen molar-refractivity contribution in [3.05, 3.63) is 36.4 Å². The minimum atomic E-state index is -0.489. The first-order valence-corrected chi connectivity index (χ1v) is 5.88.